The molecule has 1 unspecified atom stereocenters. The number of amides is 3. The van der Waals surface area contributed by atoms with Crippen LogP contribution in [-0.4, -0.2) is 29.2 Å². The van der Waals surface area contributed by atoms with E-state index in [0.717, 1.165) is 29.7 Å². The Labute approximate surface area is 157 Å². The average molecular weight is 360 g/mol. The molecule has 0 spiro atoms. The number of carbonyl (C=O) groups is 3. The molecule has 5 heteroatoms. The minimum atomic E-state index is -0.382. The maximum Gasteiger partial charge on any atom is 0.261 e. The summed E-state index contributed by atoms with van der Waals surface area (Å²) in [5.41, 5.74) is 3.42. The van der Waals surface area contributed by atoms with Gasteiger partial charge < -0.3 is 5.32 Å². The van der Waals surface area contributed by atoms with E-state index in [1.165, 1.54) is 17.7 Å². The van der Waals surface area contributed by atoms with Crippen LogP contribution in [0.25, 0.3) is 0 Å². The van der Waals surface area contributed by atoms with Gasteiger partial charge in [0.15, 0.2) is 0 Å². The Hall–Kier alpha value is -3.21. The molecule has 4 rings (SSSR count). The molecule has 0 radical (unpaired) electrons. The molecule has 2 aliphatic rings. The van der Waals surface area contributed by atoms with E-state index in [4.69, 9.17) is 0 Å². The second-order valence-corrected chi connectivity index (χ2v) is 6.89. The van der Waals surface area contributed by atoms with Gasteiger partial charge in [-0.2, -0.15) is 0 Å². The van der Waals surface area contributed by atoms with E-state index in [-0.39, 0.29) is 35.9 Å². The summed E-state index contributed by atoms with van der Waals surface area (Å²) in [6.45, 7) is 3.73. The number of benzene rings is 2. The van der Waals surface area contributed by atoms with Crippen LogP contribution in [0.5, 0.6) is 0 Å². The predicted molar refractivity (Wildman–Crippen MR) is 102 cm³/mol. The van der Waals surface area contributed by atoms with Gasteiger partial charge in [-0.1, -0.05) is 30.3 Å². The van der Waals surface area contributed by atoms with E-state index >= 15 is 0 Å². The lowest BCUT2D eigenvalue weighted by molar-refractivity contribution is 0.0672. The predicted octanol–water partition coefficient (Wildman–Crippen LogP) is 3.28. The largest absolute Gasteiger partial charge is 0.345 e. The average Bonchev–Trinajstić information content (AvgIpc) is 2.93. The van der Waals surface area contributed by atoms with Gasteiger partial charge in [0.25, 0.3) is 17.7 Å². The smallest absolute Gasteiger partial charge is 0.261 e. The number of nitrogens with zero attached hydrogens (tertiary/aromatic N) is 1. The van der Waals surface area contributed by atoms with Crippen molar-refractivity contribution in [2.45, 2.75) is 25.3 Å². The number of fused-ring (bicyclic) bond motifs is 2. The van der Waals surface area contributed by atoms with Crippen LogP contribution in [0.1, 0.15) is 61.1 Å². The first-order valence-corrected chi connectivity index (χ1v) is 9.10. The number of nitrogens with one attached hydrogen (secondary N) is 1. The van der Waals surface area contributed by atoms with Crippen molar-refractivity contribution < 1.29 is 14.4 Å². The Morgan fingerprint density at radius 1 is 1.15 bits per heavy atom. The molecule has 1 atom stereocenters. The van der Waals surface area contributed by atoms with Gasteiger partial charge in [-0.25, -0.2) is 0 Å². The Balaban J connectivity index is 1.58. The number of imide groups is 1. The lowest BCUT2D eigenvalue weighted by Gasteiger charge is -2.26. The lowest BCUT2D eigenvalue weighted by atomic mass is 9.87. The van der Waals surface area contributed by atoms with Crippen LogP contribution >= 0.6 is 0 Å². The molecule has 1 aliphatic heterocycles. The summed E-state index contributed by atoms with van der Waals surface area (Å²) in [5.74, 6) is -0.961. The number of hydrogen-bond donors (Lipinski definition) is 1. The molecule has 0 saturated heterocycles. The van der Waals surface area contributed by atoms with Gasteiger partial charge in [0.05, 0.1) is 17.2 Å². The van der Waals surface area contributed by atoms with E-state index in [0.29, 0.717) is 11.1 Å². The zero-order chi connectivity index (χ0) is 19.0. The fourth-order valence-corrected chi connectivity index (χ4v) is 3.87. The molecule has 0 aromatic heterocycles. The Morgan fingerprint density at radius 3 is 2.74 bits per heavy atom. The molecule has 1 aliphatic carbocycles. The van der Waals surface area contributed by atoms with Crippen LogP contribution in [0.4, 0.5) is 0 Å². The molecule has 0 saturated carbocycles. The third-order valence-corrected chi connectivity index (χ3v) is 5.22. The lowest BCUT2D eigenvalue weighted by Crippen LogP contribution is -2.31. The van der Waals surface area contributed by atoms with E-state index < -0.39 is 0 Å². The summed E-state index contributed by atoms with van der Waals surface area (Å²) >= 11 is 0. The summed E-state index contributed by atoms with van der Waals surface area (Å²) in [6, 6.07) is 12.8. The molecule has 1 heterocycles. The van der Waals surface area contributed by atoms with Crippen LogP contribution in [0.3, 0.4) is 0 Å². The van der Waals surface area contributed by atoms with Crippen LogP contribution in [0.2, 0.25) is 0 Å². The van der Waals surface area contributed by atoms with Crippen molar-refractivity contribution in [3.63, 3.8) is 0 Å². The monoisotopic (exact) mass is 360 g/mol. The molecule has 0 fully saturated rings. The van der Waals surface area contributed by atoms with E-state index in [1.807, 2.05) is 12.1 Å². The SMILES string of the molecule is C=CCN1C(=O)c2ccc(C(=O)NC3CCCc4ccccc43)cc2C1=O. The molecular formula is C22H20N2O3. The highest BCUT2D eigenvalue weighted by molar-refractivity contribution is 6.22. The molecular weight excluding hydrogens is 340 g/mol. The first-order chi connectivity index (χ1) is 13.1. The minimum absolute atomic E-state index is 0.0368. The quantitative estimate of drug-likeness (QED) is 0.672. The number of aryl methyl sites for hydroxylation is 1. The van der Waals surface area contributed by atoms with Gasteiger partial charge in [0, 0.05) is 12.1 Å². The molecule has 2 aromatic rings. The maximum atomic E-state index is 12.8. The van der Waals surface area contributed by atoms with Crippen LogP contribution in [-0.2, 0) is 6.42 Å². The van der Waals surface area contributed by atoms with Crippen molar-refractivity contribution in [3.8, 4) is 0 Å². The van der Waals surface area contributed by atoms with Crippen molar-refractivity contribution >= 4 is 17.7 Å². The third kappa shape index (κ3) is 2.95. The van der Waals surface area contributed by atoms with E-state index in [9.17, 15) is 14.4 Å². The summed E-state index contributed by atoms with van der Waals surface area (Å²) in [5, 5.41) is 3.08. The summed E-state index contributed by atoms with van der Waals surface area (Å²) < 4.78 is 0. The van der Waals surface area contributed by atoms with E-state index in [1.54, 1.807) is 12.1 Å². The van der Waals surface area contributed by atoms with Crippen molar-refractivity contribution in [2.24, 2.45) is 0 Å². The zero-order valence-corrected chi connectivity index (χ0v) is 14.9. The number of rotatable bonds is 4. The zero-order valence-electron chi connectivity index (χ0n) is 14.9. The number of carbonyl (C=O) groups excluding carboxylic acids is 3. The molecule has 1 N–H and O–H groups in total. The van der Waals surface area contributed by atoms with Gasteiger partial charge in [0.2, 0.25) is 0 Å². The van der Waals surface area contributed by atoms with Gasteiger partial charge >= 0.3 is 0 Å². The molecule has 0 bridgehead atoms. The highest BCUT2D eigenvalue weighted by Crippen LogP contribution is 2.30. The highest BCUT2D eigenvalue weighted by atomic mass is 16.2. The standard InChI is InChI=1S/C22H20N2O3/c1-2-12-24-21(26)17-11-10-15(13-18(17)22(24)27)20(25)23-19-9-5-7-14-6-3-4-8-16(14)19/h2-4,6,8,10-11,13,19H,1,5,7,9,12H2,(H,23,25). The molecule has 27 heavy (non-hydrogen) atoms. The minimum Gasteiger partial charge on any atom is -0.345 e. The first-order valence-electron chi connectivity index (χ1n) is 9.10. The summed E-state index contributed by atoms with van der Waals surface area (Å²) in [4.78, 5) is 38.7. The topological polar surface area (TPSA) is 66.5 Å². The summed E-state index contributed by atoms with van der Waals surface area (Å²) in [6.07, 6.45) is 4.45. The van der Waals surface area contributed by atoms with Crippen molar-refractivity contribution in [2.75, 3.05) is 6.54 Å². The number of hydrogen-bond acceptors (Lipinski definition) is 3. The fraction of sp³-hybridized carbons (Fsp3) is 0.227. The van der Waals surface area contributed by atoms with Crippen molar-refractivity contribution in [1.82, 2.24) is 10.2 Å². The van der Waals surface area contributed by atoms with Crippen molar-refractivity contribution in [1.29, 1.82) is 0 Å². The van der Waals surface area contributed by atoms with E-state index in [2.05, 4.69) is 24.0 Å². The second kappa shape index (κ2) is 6.83. The Kier molecular flexibility index (Phi) is 4.36. The third-order valence-electron chi connectivity index (χ3n) is 5.22. The molecule has 3 amide bonds. The van der Waals surface area contributed by atoms with Crippen molar-refractivity contribution in [3.05, 3.63) is 82.9 Å². The van der Waals surface area contributed by atoms with Gasteiger partial charge in [0.1, 0.15) is 0 Å². The molecule has 136 valence electrons. The van der Waals surface area contributed by atoms with Crippen LogP contribution in [0, 0.1) is 0 Å². The first kappa shape index (κ1) is 17.2. The summed E-state index contributed by atoms with van der Waals surface area (Å²) in [7, 11) is 0. The fourth-order valence-electron chi connectivity index (χ4n) is 3.87. The normalized spacial score (nSPS) is 18.1. The van der Waals surface area contributed by atoms with Gasteiger partial charge in [-0.3, -0.25) is 19.3 Å². The van der Waals surface area contributed by atoms with Gasteiger partial charge in [-0.05, 0) is 48.6 Å². The molecule has 2 aromatic carbocycles. The Bertz CT molecular complexity index is 964. The van der Waals surface area contributed by atoms with Crippen LogP contribution in [0.15, 0.2) is 55.1 Å². The second-order valence-electron chi connectivity index (χ2n) is 6.89. The highest BCUT2D eigenvalue weighted by Gasteiger charge is 2.35. The van der Waals surface area contributed by atoms with Gasteiger partial charge in [-0.15, -0.1) is 6.58 Å². The maximum absolute atomic E-state index is 12.8. The molecule has 5 nitrogen and oxygen atoms in total. The van der Waals surface area contributed by atoms with Crippen LogP contribution < -0.4 is 5.32 Å². The Morgan fingerprint density at radius 2 is 1.93 bits per heavy atom.